The molecule has 2 aromatic rings. The Labute approximate surface area is 95.1 Å². The highest BCUT2D eigenvalue weighted by Crippen LogP contribution is 2.15. The maximum atomic E-state index is 11.0. The van der Waals surface area contributed by atoms with Crippen molar-refractivity contribution in [2.45, 2.75) is 0 Å². The highest BCUT2D eigenvalue weighted by Gasteiger charge is 1.98. The molecule has 1 heteroatoms. The molecule has 0 heterocycles. The van der Waals surface area contributed by atoms with Crippen molar-refractivity contribution < 1.29 is 4.79 Å². The highest BCUT2D eigenvalue weighted by molar-refractivity contribution is 6.13. The van der Waals surface area contributed by atoms with Gasteiger partial charge in [0.2, 0.25) is 0 Å². The number of carbonyl (C=O) groups is 1. The third-order valence-corrected chi connectivity index (χ3v) is 2.36. The molecule has 0 amide bonds. The Morgan fingerprint density at radius 2 is 1.38 bits per heavy atom. The van der Waals surface area contributed by atoms with Crippen molar-refractivity contribution in [3.05, 3.63) is 71.8 Å². The van der Waals surface area contributed by atoms with Crippen LogP contribution < -0.4 is 0 Å². The summed E-state index contributed by atoms with van der Waals surface area (Å²) in [5.41, 5.74) is 2.68. The van der Waals surface area contributed by atoms with Crippen LogP contribution in [0, 0.1) is 0 Å². The molecule has 0 fully saturated rings. The minimum Gasteiger partial charge on any atom is -0.298 e. The van der Waals surface area contributed by atoms with Crippen molar-refractivity contribution >= 4 is 17.9 Å². The molecule has 0 atom stereocenters. The lowest BCUT2D eigenvalue weighted by Gasteiger charge is -2.00. The molecule has 0 aliphatic rings. The highest BCUT2D eigenvalue weighted by atomic mass is 16.1. The second kappa shape index (κ2) is 5.08. The predicted molar refractivity (Wildman–Crippen MR) is 66.8 cm³/mol. The third-order valence-electron chi connectivity index (χ3n) is 2.36. The normalized spacial score (nSPS) is 11.1. The van der Waals surface area contributed by atoms with E-state index < -0.39 is 0 Å². The van der Waals surface area contributed by atoms with Gasteiger partial charge in [-0.1, -0.05) is 60.7 Å². The van der Waals surface area contributed by atoms with Crippen LogP contribution in [0.1, 0.15) is 11.1 Å². The monoisotopic (exact) mass is 208 g/mol. The van der Waals surface area contributed by atoms with Crippen LogP contribution in [0.5, 0.6) is 0 Å². The summed E-state index contributed by atoms with van der Waals surface area (Å²) >= 11 is 0. The first kappa shape index (κ1) is 10.4. The molecule has 0 saturated carbocycles. The van der Waals surface area contributed by atoms with Crippen molar-refractivity contribution in [1.29, 1.82) is 0 Å². The number of rotatable bonds is 3. The van der Waals surface area contributed by atoms with E-state index >= 15 is 0 Å². The molecule has 0 aromatic heterocycles. The molecular formula is C15H12O. The molecule has 2 aromatic carbocycles. The van der Waals surface area contributed by atoms with E-state index in [1.807, 2.05) is 66.7 Å². The largest absolute Gasteiger partial charge is 0.298 e. The van der Waals surface area contributed by atoms with Crippen LogP contribution in [0.15, 0.2) is 60.7 Å². The molecule has 0 aliphatic heterocycles. The SMILES string of the molecule is O=C/C(=C/c1ccccc1)c1ccccc1. The van der Waals surface area contributed by atoms with E-state index in [1.165, 1.54) is 0 Å². The van der Waals surface area contributed by atoms with Crippen LogP contribution >= 0.6 is 0 Å². The first-order chi connectivity index (χ1) is 7.90. The zero-order valence-corrected chi connectivity index (χ0v) is 8.84. The quantitative estimate of drug-likeness (QED) is 0.429. The van der Waals surface area contributed by atoms with Gasteiger partial charge in [0.15, 0.2) is 6.29 Å². The number of aldehydes is 1. The maximum Gasteiger partial charge on any atom is 0.150 e. The van der Waals surface area contributed by atoms with E-state index in [2.05, 4.69) is 0 Å². The van der Waals surface area contributed by atoms with E-state index in [0.29, 0.717) is 5.57 Å². The number of benzene rings is 2. The summed E-state index contributed by atoms with van der Waals surface area (Å²) in [6.45, 7) is 0. The van der Waals surface area contributed by atoms with E-state index in [-0.39, 0.29) is 0 Å². The zero-order chi connectivity index (χ0) is 11.2. The van der Waals surface area contributed by atoms with Gasteiger partial charge in [0, 0.05) is 5.57 Å². The molecule has 0 radical (unpaired) electrons. The summed E-state index contributed by atoms with van der Waals surface area (Å²) < 4.78 is 0. The molecule has 0 aliphatic carbocycles. The number of allylic oxidation sites excluding steroid dienone is 1. The van der Waals surface area contributed by atoms with Crippen molar-refractivity contribution in [3.63, 3.8) is 0 Å². The van der Waals surface area contributed by atoms with Gasteiger partial charge in [-0.05, 0) is 17.2 Å². The van der Waals surface area contributed by atoms with Gasteiger partial charge in [0.05, 0.1) is 0 Å². The molecule has 0 N–H and O–H groups in total. The van der Waals surface area contributed by atoms with Gasteiger partial charge in [0.1, 0.15) is 0 Å². The minimum absolute atomic E-state index is 0.701. The standard InChI is InChI=1S/C15H12O/c16-12-15(14-9-5-2-6-10-14)11-13-7-3-1-4-8-13/h1-12H/b15-11-. The van der Waals surface area contributed by atoms with Crippen LogP contribution in [-0.2, 0) is 4.79 Å². The Kier molecular flexibility index (Phi) is 3.29. The second-order valence-electron chi connectivity index (χ2n) is 3.49. The topological polar surface area (TPSA) is 17.1 Å². The Hall–Kier alpha value is -2.15. The van der Waals surface area contributed by atoms with Crippen LogP contribution in [0.25, 0.3) is 11.6 Å². The maximum absolute atomic E-state index is 11.0. The fourth-order valence-corrected chi connectivity index (χ4v) is 1.54. The smallest absolute Gasteiger partial charge is 0.150 e. The predicted octanol–water partition coefficient (Wildman–Crippen LogP) is 3.43. The lowest BCUT2D eigenvalue weighted by molar-refractivity contribution is -0.103. The van der Waals surface area contributed by atoms with E-state index in [1.54, 1.807) is 0 Å². The van der Waals surface area contributed by atoms with Gasteiger partial charge in [-0.15, -0.1) is 0 Å². The first-order valence-corrected chi connectivity index (χ1v) is 5.17. The molecule has 0 saturated heterocycles. The van der Waals surface area contributed by atoms with Crippen molar-refractivity contribution in [2.24, 2.45) is 0 Å². The van der Waals surface area contributed by atoms with Gasteiger partial charge >= 0.3 is 0 Å². The Morgan fingerprint density at radius 3 is 1.94 bits per heavy atom. The van der Waals surface area contributed by atoms with Crippen molar-refractivity contribution in [2.75, 3.05) is 0 Å². The Morgan fingerprint density at radius 1 is 0.812 bits per heavy atom. The fraction of sp³-hybridized carbons (Fsp3) is 0. The molecule has 0 bridgehead atoms. The Bertz CT molecular complexity index is 483. The fourth-order valence-electron chi connectivity index (χ4n) is 1.54. The summed E-state index contributed by atoms with van der Waals surface area (Å²) in [5.74, 6) is 0. The number of carbonyl (C=O) groups excluding carboxylic acids is 1. The van der Waals surface area contributed by atoms with E-state index in [0.717, 1.165) is 17.4 Å². The second-order valence-corrected chi connectivity index (χ2v) is 3.49. The van der Waals surface area contributed by atoms with Crippen LogP contribution in [0.2, 0.25) is 0 Å². The molecule has 78 valence electrons. The van der Waals surface area contributed by atoms with Gasteiger partial charge in [0.25, 0.3) is 0 Å². The lowest BCUT2D eigenvalue weighted by atomic mass is 10.0. The summed E-state index contributed by atoms with van der Waals surface area (Å²) in [6, 6.07) is 19.5. The Balaban J connectivity index is 2.38. The summed E-state index contributed by atoms with van der Waals surface area (Å²) in [6.07, 6.45) is 2.78. The summed E-state index contributed by atoms with van der Waals surface area (Å²) in [5, 5.41) is 0. The van der Waals surface area contributed by atoms with Gasteiger partial charge in [-0.3, -0.25) is 4.79 Å². The molecule has 16 heavy (non-hydrogen) atoms. The average Bonchev–Trinajstić information content (AvgIpc) is 2.38. The van der Waals surface area contributed by atoms with Gasteiger partial charge < -0.3 is 0 Å². The van der Waals surface area contributed by atoms with Crippen molar-refractivity contribution in [3.8, 4) is 0 Å². The third kappa shape index (κ3) is 2.45. The summed E-state index contributed by atoms with van der Waals surface area (Å²) in [7, 11) is 0. The minimum atomic E-state index is 0.701. The molecule has 1 nitrogen and oxygen atoms in total. The number of hydrogen-bond donors (Lipinski definition) is 0. The zero-order valence-electron chi connectivity index (χ0n) is 8.84. The van der Waals surface area contributed by atoms with Crippen molar-refractivity contribution in [1.82, 2.24) is 0 Å². The lowest BCUT2D eigenvalue weighted by Crippen LogP contribution is -1.85. The van der Waals surface area contributed by atoms with Crippen LogP contribution in [0.4, 0.5) is 0 Å². The van der Waals surface area contributed by atoms with Crippen LogP contribution in [-0.4, -0.2) is 6.29 Å². The average molecular weight is 208 g/mol. The molecule has 2 rings (SSSR count). The van der Waals surface area contributed by atoms with Gasteiger partial charge in [-0.2, -0.15) is 0 Å². The number of hydrogen-bond acceptors (Lipinski definition) is 1. The van der Waals surface area contributed by atoms with Gasteiger partial charge in [-0.25, -0.2) is 0 Å². The summed E-state index contributed by atoms with van der Waals surface area (Å²) in [4.78, 5) is 11.0. The molecular weight excluding hydrogens is 196 g/mol. The first-order valence-electron chi connectivity index (χ1n) is 5.17. The molecule has 0 spiro atoms. The van der Waals surface area contributed by atoms with Crippen LogP contribution in [0.3, 0.4) is 0 Å². The molecule has 0 unspecified atom stereocenters. The van der Waals surface area contributed by atoms with E-state index in [4.69, 9.17) is 0 Å². The van der Waals surface area contributed by atoms with E-state index in [9.17, 15) is 4.79 Å².